The topological polar surface area (TPSA) is 49.4 Å². The van der Waals surface area contributed by atoms with Gasteiger partial charge in [-0.3, -0.25) is 0 Å². The summed E-state index contributed by atoms with van der Waals surface area (Å²) >= 11 is 0. The molecule has 1 aromatic rings. The summed E-state index contributed by atoms with van der Waals surface area (Å²) in [6.07, 6.45) is 0. The molecule has 0 aliphatic heterocycles. The number of aryl methyl sites for hydroxylation is 2. The molecule has 0 bridgehead atoms. The molecule has 6 heteroatoms. The Hall–Kier alpha value is -0.620. The fraction of sp³-hybridized carbons (Fsp3) is 0.571. The van der Waals surface area contributed by atoms with Crippen LogP contribution in [0.2, 0.25) is 0 Å². The van der Waals surface area contributed by atoms with Crippen LogP contribution in [0.5, 0.6) is 0 Å². The van der Waals surface area contributed by atoms with Gasteiger partial charge < -0.3 is 4.90 Å². The van der Waals surface area contributed by atoms with E-state index < -0.39 is 10.0 Å². The molecule has 0 fully saturated rings. The van der Waals surface area contributed by atoms with Gasteiger partial charge >= 0.3 is 0 Å². The second kappa shape index (κ2) is 8.62. The molecule has 116 valence electrons. The Morgan fingerprint density at radius 2 is 1.70 bits per heavy atom. The summed E-state index contributed by atoms with van der Waals surface area (Å²) in [6, 6.07) is 5.21. The summed E-state index contributed by atoms with van der Waals surface area (Å²) in [5.41, 5.74) is 2.09. The lowest BCUT2D eigenvalue weighted by atomic mass is 10.1. The summed E-state index contributed by atoms with van der Waals surface area (Å²) in [5, 5.41) is 0. The summed E-state index contributed by atoms with van der Waals surface area (Å²) in [6.45, 7) is 11.1. The zero-order valence-corrected chi connectivity index (χ0v) is 14.3. The Labute approximate surface area is 129 Å². The molecule has 0 aliphatic rings. The predicted molar refractivity (Wildman–Crippen MR) is 86.1 cm³/mol. The Morgan fingerprint density at radius 1 is 1.10 bits per heavy atom. The van der Waals surface area contributed by atoms with Gasteiger partial charge in [-0.15, -0.1) is 12.4 Å². The number of benzene rings is 1. The molecule has 0 amide bonds. The molecular weight excluding hydrogens is 296 g/mol. The molecule has 4 nitrogen and oxygen atoms in total. The highest BCUT2D eigenvalue weighted by Crippen LogP contribution is 2.14. The van der Waals surface area contributed by atoms with E-state index in [-0.39, 0.29) is 12.4 Å². The van der Waals surface area contributed by atoms with Crippen molar-refractivity contribution in [2.75, 3.05) is 26.2 Å². The third-order valence-corrected chi connectivity index (χ3v) is 4.86. The summed E-state index contributed by atoms with van der Waals surface area (Å²) in [5.74, 6) is 0. The summed E-state index contributed by atoms with van der Waals surface area (Å²) in [7, 11) is -3.39. The number of nitrogens with zero attached hydrogens (tertiary/aromatic N) is 1. The lowest BCUT2D eigenvalue weighted by Crippen LogP contribution is -2.34. The summed E-state index contributed by atoms with van der Waals surface area (Å²) in [4.78, 5) is 2.53. The van der Waals surface area contributed by atoms with Gasteiger partial charge in [-0.25, -0.2) is 13.1 Å². The minimum atomic E-state index is -3.39. The van der Waals surface area contributed by atoms with Crippen LogP contribution in [0.15, 0.2) is 23.1 Å². The van der Waals surface area contributed by atoms with Crippen LogP contribution in [0.1, 0.15) is 25.0 Å². The maximum Gasteiger partial charge on any atom is 0.240 e. The molecule has 0 spiro atoms. The zero-order valence-electron chi connectivity index (χ0n) is 12.6. The van der Waals surface area contributed by atoms with E-state index in [0.29, 0.717) is 11.4 Å². The van der Waals surface area contributed by atoms with Crippen LogP contribution in [0.3, 0.4) is 0 Å². The van der Waals surface area contributed by atoms with Gasteiger partial charge in [0.25, 0.3) is 0 Å². The van der Waals surface area contributed by atoms with Gasteiger partial charge in [0, 0.05) is 13.1 Å². The van der Waals surface area contributed by atoms with Crippen molar-refractivity contribution in [3.05, 3.63) is 29.3 Å². The lowest BCUT2D eigenvalue weighted by Gasteiger charge is -2.18. The molecule has 1 N–H and O–H groups in total. The average molecular weight is 321 g/mol. The number of rotatable bonds is 7. The van der Waals surface area contributed by atoms with Crippen LogP contribution in [0.25, 0.3) is 0 Å². The van der Waals surface area contributed by atoms with E-state index >= 15 is 0 Å². The molecule has 0 heterocycles. The first-order valence-electron chi connectivity index (χ1n) is 6.70. The van der Waals surface area contributed by atoms with Gasteiger partial charge in [0.15, 0.2) is 0 Å². The van der Waals surface area contributed by atoms with E-state index in [0.717, 1.165) is 30.8 Å². The van der Waals surface area contributed by atoms with Gasteiger partial charge in [0.2, 0.25) is 10.0 Å². The largest absolute Gasteiger partial charge is 0.303 e. The molecule has 0 atom stereocenters. The number of sulfonamides is 1. The number of likely N-dealkylation sites (N-methyl/N-ethyl adjacent to an activating group) is 1. The van der Waals surface area contributed by atoms with Crippen molar-refractivity contribution in [2.45, 2.75) is 32.6 Å². The first-order chi connectivity index (χ1) is 8.90. The van der Waals surface area contributed by atoms with Gasteiger partial charge in [-0.05, 0) is 50.2 Å². The van der Waals surface area contributed by atoms with E-state index in [9.17, 15) is 8.42 Å². The number of hydrogen-bond donors (Lipinski definition) is 1. The van der Waals surface area contributed by atoms with Crippen molar-refractivity contribution in [1.82, 2.24) is 9.62 Å². The second-order valence-corrected chi connectivity index (χ2v) is 6.44. The number of nitrogens with one attached hydrogen (secondary N) is 1. The molecule has 0 aliphatic carbocycles. The van der Waals surface area contributed by atoms with Crippen LogP contribution in [-0.2, 0) is 10.0 Å². The van der Waals surface area contributed by atoms with Crippen LogP contribution >= 0.6 is 12.4 Å². The van der Waals surface area contributed by atoms with Crippen molar-refractivity contribution in [3.8, 4) is 0 Å². The van der Waals surface area contributed by atoms with Crippen LogP contribution in [0, 0.1) is 13.8 Å². The van der Waals surface area contributed by atoms with Gasteiger partial charge in [0.1, 0.15) is 0 Å². The van der Waals surface area contributed by atoms with Crippen LogP contribution < -0.4 is 4.72 Å². The Kier molecular flexibility index (Phi) is 8.35. The van der Waals surface area contributed by atoms with E-state index in [1.54, 1.807) is 12.1 Å². The van der Waals surface area contributed by atoms with Crippen molar-refractivity contribution >= 4 is 22.4 Å². The minimum Gasteiger partial charge on any atom is -0.303 e. The lowest BCUT2D eigenvalue weighted by molar-refractivity contribution is 0.309. The third-order valence-electron chi connectivity index (χ3n) is 3.40. The quantitative estimate of drug-likeness (QED) is 0.839. The fourth-order valence-corrected chi connectivity index (χ4v) is 2.95. The Bertz CT molecular complexity index is 514. The summed E-state index contributed by atoms with van der Waals surface area (Å²) < 4.78 is 26.9. The highest BCUT2D eigenvalue weighted by molar-refractivity contribution is 7.89. The van der Waals surface area contributed by atoms with Gasteiger partial charge in [-0.2, -0.15) is 0 Å². The maximum atomic E-state index is 12.1. The first-order valence-corrected chi connectivity index (χ1v) is 8.18. The standard InChI is InChI=1S/C14H24N2O2S.ClH/c1-5-16(6-2)10-9-15-19(17,18)14-8-7-12(3)13(4)11-14;/h7-8,11,15H,5-6,9-10H2,1-4H3;1H. The SMILES string of the molecule is CCN(CC)CCNS(=O)(=O)c1ccc(C)c(C)c1.Cl. The molecule has 0 saturated heterocycles. The van der Waals surface area contributed by atoms with Crippen molar-refractivity contribution in [1.29, 1.82) is 0 Å². The molecule has 1 rings (SSSR count). The van der Waals surface area contributed by atoms with Gasteiger partial charge in [-0.1, -0.05) is 19.9 Å². The monoisotopic (exact) mass is 320 g/mol. The van der Waals surface area contributed by atoms with E-state index in [4.69, 9.17) is 0 Å². The number of hydrogen-bond acceptors (Lipinski definition) is 3. The van der Waals surface area contributed by atoms with E-state index in [2.05, 4.69) is 23.5 Å². The maximum absolute atomic E-state index is 12.1. The van der Waals surface area contributed by atoms with Crippen LogP contribution in [0.4, 0.5) is 0 Å². The first kappa shape index (κ1) is 19.4. The number of halogens is 1. The van der Waals surface area contributed by atoms with E-state index in [1.807, 2.05) is 19.9 Å². The van der Waals surface area contributed by atoms with Crippen molar-refractivity contribution in [2.24, 2.45) is 0 Å². The van der Waals surface area contributed by atoms with Gasteiger partial charge in [0.05, 0.1) is 4.90 Å². The van der Waals surface area contributed by atoms with E-state index in [1.165, 1.54) is 0 Å². The molecule has 20 heavy (non-hydrogen) atoms. The smallest absolute Gasteiger partial charge is 0.240 e. The molecular formula is C14H25ClN2O2S. The third kappa shape index (κ3) is 5.40. The van der Waals surface area contributed by atoms with Crippen LogP contribution in [-0.4, -0.2) is 39.5 Å². The van der Waals surface area contributed by atoms with Crippen molar-refractivity contribution in [3.63, 3.8) is 0 Å². The Morgan fingerprint density at radius 3 is 2.20 bits per heavy atom. The molecule has 0 radical (unpaired) electrons. The zero-order chi connectivity index (χ0) is 14.5. The average Bonchev–Trinajstić information content (AvgIpc) is 2.37. The normalized spacial score (nSPS) is 11.4. The fourth-order valence-electron chi connectivity index (χ4n) is 1.84. The molecule has 1 aromatic carbocycles. The Balaban J connectivity index is 0.00000361. The predicted octanol–water partition coefficient (Wildman–Crippen LogP) is 2.35. The highest BCUT2D eigenvalue weighted by atomic mass is 35.5. The molecule has 0 saturated carbocycles. The molecule has 0 aromatic heterocycles. The minimum absolute atomic E-state index is 0. The van der Waals surface area contributed by atoms with Crippen molar-refractivity contribution < 1.29 is 8.42 Å². The second-order valence-electron chi connectivity index (χ2n) is 4.67. The molecule has 0 unspecified atom stereocenters. The highest BCUT2D eigenvalue weighted by Gasteiger charge is 2.14.